The monoisotopic (exact) mass is 468 g/mol. The standard InChI is InChI=1S/C23H26F2N8O/c1-12(2)17-9-20(32-31-17)29-21-15-4-3-5-16(15)28-23(30-21)33-11-13(24)8-18(33)22(34)27-14-6-7-19(25)26-10-14/h6-7,9-10,12-13,18H,3-5,8,11H2,1-2H3,(H,27,34)(H2,28,29,30,31,32)/t13?,18-/m1/s1. The lowest BCUT2D eigenvalue weighted by Gasteiger charge is -2.24. The molecule has 0 radical (unpaired) electrons. The SMILES string of the molecule is CC(C)c1cc(Nc2nc(N3CC(F)C[C@@H]3C(=O)Nc3ccc(F)nc3)nc3c2CCC3)n[nH]1. The Hall–Kier alpha value is -3.63. The highest BCUT2D eigenvalue weighted by molar-refractivity contribution is 5.97. The molecule has 3 aromatic rings. The zero-order chi connectivity index (χ0) is 23.8. The van der Waals surface area contributed by atoms with Crippen molar-refractivity contribution in [1.82, 2.24) is 25.1 Å². The average Bonchev–Trinajstić information content (AvgIpc) is 3.54. The number of hydrogen-bond donors (Lipinski definition) is 3. The van der Waals surface area contributed by atoms with Gasteiger partial charge in [-0.25, -0.2) is 14.4 Å². The number of fused-ring (bicyclic) bond motifs is 1. The van der Waals surface area contributed by atoms with Gasteiger partial charge < -0.3 is 15.5 Å². The summed E-state index contributed by atoms with van der Waals surface area (Å²) in [5.41, 5.74) is 3.26. The Morgan fingerprint density at radius 3 is 2.85 bits per heavy atom. The van der Waals surface area contributed by atoms with Gasteiger partial charge in [-0.05, 0) is 37.3 Å². The minimum Gasteiger partial charge on any atom is -0.326 e. The normalized spacial score (nSPS) is 19.5. The second-order valence-electron chi connectivity index (χ2n) is 9.00. The van der Waals surface area contributed by atoms with Crippen molar-refractivity contribution in [3.05, 3.63) is 47.3 Å². The van der Waals surface area contributed by atoms with Gasteiger partial charge in [-0.1, -0.05) is 13.8 Å². The van der Waals surface area contributed by atoms with Crippen LogP contribution in [0.2, 0.25) is 0 Å². The lowest BCUT2D eigenvalue weighted by molar-refractivity contribution is -0.117. The number of hydrogen-bond acceptors (Lipinski definition) is 7. The fourth-order valence-electron chi connectivity index (χ4n) is 4.40. The largest absolute Gasteiger partial charge is 0.326 e. The summed E-state index contributed by atoms with van der Waals surface area (Å²) in [7, 11) is 0. The van der Waals surface area contributed by atoms with Gasteiger partial charge in [-0.2, -0.15) is 14.5 Å². The molecule has 5 rings (SSSR count). The minimum absolute atomic E-state index is 0.0118. The van der Waals surface area contributed by atoms with Gasteiger partial charge in [0, 0.05) is 23.7 Å². The molecule has 1 aliphatic carbocycles. The van der Waals surface area contributed by atoms with Crippen LogP contribution in [-0.4, -0.2) is 49.8 Å². The number of H-pyrrole nitrogens is 1. The van der Waals surface area contributed by atoms with Crippen LogP contribution in [0.1, 0.15) is 49.6 Å². The quantitative estimate of drug-likeness (QED) is 0.474. The Kier molecular flexibility index (Phi) is 5.84. The molecule has 1 fully saturated rings. The van der Waals surface area contributed by atoms with Crippen LogP contribution in [0.4, 0.5) is 32.1 Å². The van der Waals surface area contributed by atoms with Crippen LogP contribution in [0, 0.1) is 5.95 Å². The van der Waals surface area contributed by atoms with Gasteiger partial charge in [-0.3, -0.25) is 9.89 Å². The number of nitrogens with zero attached hydrogens (tertiary/aromatic N) is 5. The number of aromatic nitrogens is 5. The lowest BCUT2D eigenvalue weighted by Crippen LogP contribution is -2.40. The van der Waals surface area contributed by atoms with E-state index in [-0.39, 0.29) is 13.0 Å². The lowest BCUT2D eigenvalue weighted by atomic mass is 10.1. The summed E-state index contributed by atoms with van der Waals surface area (Å²) in [5.74, 6) is 0.819. The Balaban J connectivity index is 1.42. The van der Waals surface area contributed by atoms with E-state index in [9.17, 15) is 13.6 Å². The summed E-state index contributed by atoms with van der Waals surface area (Å²) >= 11 is 0. The molecule has 9 nitrogen and oxygen atoms in total. The first-order valence-electron chi connectivity index (χ1n) is 11.4. The van der Waals surface area contributed by atoms with Gasteiger partial charge in [0.25, 0.3) is 0 Å². The smallest absolute Gasteiger partial charge is 0.247 e. The van der Waals surface area contributed by atoms with E-state index in [1.807, 2.05) is 6.07 Å². The number of halogens is 2. The van der Waals surface area contributed by atoms with E-state index in [0.717, 1.165) is 42.3 Å². The highest BCUT2D eigenvalue weighted by Gasteiger charge is 2.39. The highest BCUT2D eigenvalue weighted by Crippen LogP contribution is 2.33. The molecular formula is C23H26F2N8O. The van der Waals surface area contributed by atoms with Crippen molar-refractivity contribution >= 4 is 29.2 Å². The van der Waals surface area contributed by atoms with Crippen LogP contribution in [0.15, 0.2) is 24.4 Å². The van der Waals surface area contributed by atoms with Gasteiger partial charge in [0.05, 0.1) is 24.1 Å². The molecular weight excluding hydrogens is 442 g/mol. The summed E-state index contributed by atoms with van der Waals surface area (Å²) in [5, 5.41) is 13.3. The predicted octanol–water partition coefficient (Wildman–Crippen LogP) is 3.65. The fourth-order valence-corrected chi connectivity index (χ4v) is 4.40. The Labute approximate surface area is 195 Å². The molecule has 3 aromatic heterocycles. The number of alkyl halides is 1. The first kappa shape index (κ1) is 22.2. The molecule has 2 aliphatic rings. The van der Waals surface area contributed by atoms with Crippen molar-refractivity contribution in [2.75, 3.05) is 22.1 Å². The second kappa shape index (κ2) is 8.96. The first-order valence-corrected chi connectivity index (χ1v) is 11.4. The van der Waals surface area contributed by atoms with Crippen molar-refractivity contribution in [3.63, 3.8) is 0 Å². The highest BCUT2D eigenvalue weighted by atomic mass is 19.1. The maximum absolute atomic E-state index is 14.5. The van der Waals surface area contributed by atoms with Crippen molar-refractivity contribution in [2.45, 2.75) is 57.7 Å². The van der Waals surface area contributed by atoms with Crippen LogP contribution < -0.4 is 15.5 Å². The van der Waals surface area contributed by atoms with Gasteiger partial charge in [0.15, 0.2) is 5.82 Å². The molecule has 1 saturated heterocycles. The number of amides is 1. The Morgan fingerprint density at radius 2 is 2.12 bits per heavy atom. The third-order valence-electron chi connectivity index (χ3n) is 6.19. The summed E-state index contributed by atoms with van der Waals surface area (Å²) in [6, 6.07) is 3.70. The molecule has 34 heavy (non-hydrogen) atoms. The van der Waals surface area contributed by atoms with Gasteiger partial charge in [-0.15, -0.1) is 0 Å². The third kappa shape index (κ3) is 4.42. The molecule has 1 aliphatic heterocycles. The predicted molar refractivity (Wildman–Crippen MR) is 123 cm³/mol. The zero-order valence-electron chi connectivity index (χ0n) is 19.0. The number of aryl methyl sites for hydroxylation is 1. The maximum atomic E-state index is 14.5. The zero-order valence-corrected chi connectivity index (χ0v) is 19.0. The molecule has 11 heteroatoms. The van der Waals surface area contributed by atoms with Gasteiger partial charge in [0.1, 0.15) is 18.0 Å². The summed E-state index contributed by atoms with van der Waals surface area (Å²) in [4.78, 5) is 27.5. The van der Waals surface area contributed by atoms with Crippen LogP contribution in [0.5, 0.6) is 0 Å². The molecule has 1 unspecified atom stereocenters. The Morgan fingerprint density at radius 1 is 1.26 bits per heavy atom. The average molecular weight is 469 g/mol. The van der Waals surface area contributed by atoms with Crippen molar-refractivity contribution in [1.29, 1.82) is 0 Å². The van der Waals surface area contributed by atoms with Gasteiger partial charge >= 0.3 is 0 Å². The van der Waals surface area contributed by atoms with E-state index in [0.29, 0.717) is 29.2 Å². The molecule has 178 valence electrons. The molecule has 4 heterocycles. The fraction of sp³-hybridized carbons (Fsp3) is 0.435. The van der Waals surface area contributed by atoms with Crippen LogP contribution in [-0.2, 0) is 17.6 Å². The van der Waals surface area contributed by atoms with E-state index in [1.54, 1.807) is 4.90 Å². The summed E-state index contributed by atoms with van der Waals surface area (Å²) in [6.07, 6.45) is 2.63. The topological polar surface area (TPSA) is 112 Å². The molecule has 0 spiro atoms. The molecule has 3 N–H and O–H groups in total. The molecule has 0 aromatic carbocycles. The van der Waals surface area contributed by atoms with Crippen LogP contribution in [0.25, 0.3) is 0 Å². The first-order chi connectivity index (χ1) is 16.4. The van der Waals surface area contributed by atoms with Crippen molar-refractivity contribution in [2.24, 2.45) is 0 Å². The Bertz CT molecular complexity index is 1200. The summed E-state index contributed by atoms with van der Waals surface area (Å²) in [6.45, 7) is 4.16. The number of carbonyl (C=O) groups excluding carboxylic acids is 1. The van der Waals surface area contributed by atoms with Crippen LogP contribution >= 0.6 is 0 Å². The van der Waals surface area contributed by atoms with E-state index in [2.05, 4.69) is 39.7 Å². The number of carbonyl (C=O) groups is 1. The number of anilines is 4. The summed E-state index contributed by atoms with van der Waals surface area (Å²) < 4.78 is 27.6. The van der Waals surface area contributed by atoms with E-state index < -0.39 is 24.1 Å². The van der Waals surface area contributed by atoms with E-state index >= 15 is 0 Å². The number of rotatable bonds is 6. The van der Waals surface area contributed by atoms with Crippen molar-refractivity contribution < 1.29 is 13.6 Å². The van der Waals surface area contributed by atoms with E-state index in [4.69, 9.17) is 9.97 Å². The number of nitrogens with one attached hydrogen (secondary N) is 3. The van der Waals surface area contributed by atoms with E-state index in [1.165, 1.54) is 12.3 Å². The molecule has 0 saturated carbocycles. The molecule has 1 amide bonds. The van der Waals surface area contributed by atoms with Gasteiger partial charge in [0.2, 0.25) is 17.8 Å². The number of aromatic amines is 1. The maximum Gasteiger partial charge on any atom is 0.247 e. The number of pyridine rings is 1. The minimum atomic E-state index is -1.20. The van der Waals surface area contributed by atoms with Crippen LogP contribution in [0.3, 0.4) is 0 Å². The third-order valence-corrected chi connectivity index (χ3v) is 6.19. The van der Waals surface area contributed by atoms with Crippen molar-refractivity contribution in [3.8, 4) is 0 Å². The second-order valence-corrected chi connectivity index (χ2v) is 9.00. The molecule has 0 bridgehead atoms. The molecule has 2 atom stereocenters.